The minimum Gasteiger partial charge on any atom is -0.424 e. The van der Waals surface area contributed by atoms with Gasteiger partial charge in [-0.1, -0.05) is 42.5 Å². The second-order valence-corrected chi connectivity index (χ2v) is 5.35. The predicted octanol–water partition coefficient (Wildman–Crippen LogP) is 4.23. The molecule has 1 N–H and O–H groups in total. The van der Waals surface area contributed by atoms with E-state index in [0.29, 0.717) is 11.4 Å². The normalized spacial score (nSPS) is 10.6. The molecule has 0 unspecified atom stereocenters. The molecule has 0 aliphatic heterocycles. The molecule has 3 aromatic rings. The largest absolute Gasteiger partial charge is 0.424 e. The summed E-state index contributed by atoms with van der Waals surface area (Å²) in [4.78, 5) is 20.2. The van der Waals surface area contributed by atoms with Crippen molar-refractivity contribution in [1.82, 2.24) is 9.97 Å². The molecule has 1 amide bonds. The first-order valence-electron chi connectivity index (χ1n) is 7.80. The Balaban J connectivity index is 1.59. The molecule has 0 aliphatic rings. The molecule has 5 nitrogen and oxygen atoms in total. The Morgan fingerprint density at radius 1 is 1.00 bits per heavy atom. The molecular formula is C20H17N3O2. The molecule has 0 spiro atoms. The number of amides is 1. The van der Waals surface area contributed by atoms with E-state index in [1.807, 2.05) is 61.5 Å². The molecule has 124 valence electrons. The zero-order valence-electron chi connectivity index (χ0n) is 13.7. The van der Waals surface area contributed by atoms with Gasteiger partial charge in [0.25, 0.3) is 0 Å². The number of hydrogen-bond donors (Lipinski definition) is 1. The van der Waals surface area contributed by atoms with Crippen molar-refractivity contribution in [2.45, 2.75) is 6.92 Å². The maximum Gasteiger partial charge on any atom is 0.322 e. The molecule has 0 fully saturated rings. The predicted molar refractivity (Wildman–Crippen MR) is 97.4 cm³/mol. The van der Waals surface area contributed by atoms with E-state index in [1.165, 1.54) is 18.5 Å². The number of ether oxygens (including phenoxy) is 1. The lowest BCUT2D eigenvalue weighted by molar-refractivity contribution is -0.111. The first-order chi connectivity index (χ1) is 12.2. The molecule has 1 aromatic heterocycles. The van der Waals surface area contributed by atoms with Crippen molar-refractivity contribution in [2.24, 2.45) is 0 Å². The summed E-state index contributed by atoms with van der Waals surface area (Å²) in [5.41, 5.74) is 2.61. The van der Waals surface area contributed by atoms with Gasteiger partial charge in [-0.15, -0.1) is 0 Å². The van der Waals surface area contributed by atoms with Crippen LogP contribution in [-0.4, -0.2) is 15.9 Å². The molecule has 2 aromatic carbocycles. The Morgan fingerprint density at radius 2 is 1.68 bits per heavy atom. The van der Waals surface area contributed by atoms with Gasteiger partial charge in [0.15, 0.2) is 0 Å². The average molecular weight is 331 g/mol. The lowest BCUT2D eigenvalue weighted by Gasteiger charge is -2.05. The molecule has 0 bridgehead atoms. The van der Waals surface area contributed by atoms with Crippen molar-refractivity contribution in [3.63, 3.8) is 0 Å². The Kier molecular flexibility index (Phi) is 5.16. The van der Waals surface area contributed by atoms with Crippen molar-refractivity contribution in [2.75, 3.05) is 5.32 Å². The number of benzene rings is 2. The third-order valence-electron chi connectivity index (χ3n) is 3.45. The van der Waals surface area contributed by atoms with E-state index >= 15 is 0 Å². The van der Waals surface area contributed by atoms with E-state index in [4.69, 9.17) is 4.74 Å². The smallest absolute Gasteiger partial charge is 0.322 e. The fourth-order valence-corrected chi connectivity index (χ4v) is 2.15. The van der Waals surface area contributed by atoms with E-state index < -0.39 is 0 Å². The van der Waals surface area contributed by atoms with Gasteiger partial charge in [0.1, 0.15) is 5.75 Å². The summed E-state index contributed by atoms with van der Waals surface area (Å²) in [6.45, 7) is 2.00. The monoisotopic (exact) mass is 331 g/mol. The van der Waals surface area contributed by atoms with Crippen LogP contribution in [0.15, 0.2) is 73.1 Å². The first-order valence-corrected chi connectivity index (χ1v) is 7.80. The van der Waals surface area contributed by atoms with E-state index in [-0.39, 0.29) is 11.9 Å². The van der Waals surface area contributed by atoms with Crippen molar-refractivity contribution < 1.29 is 9.53 Å². The third-order valence-corrected chi connectivity index (χ3v) is 3.45. The van der Waals surface area contributed by atoms with Gasteiger partial charge < -0.3 is 10.1 Å². The summed E-state index contributed by atoms with van der Waals surface area (Å²) in [5.74, 6) is 0.407. The third kappa shape index (κ3) is 4.75. The number of carbonyl (C=O) groups is 1. The van der Waals surface area contributed by atoms with Crippen LogP contribution in [-0.2, 0) is 4.79 Å². The highest BCUT2D eigenvalue weighted by molar-refractivity contribution is 6.01. The number of aromatic nitrogens is 2. The average Bonchev–Trinajstić information content (AvgIpc) is 2.64. The number of para-hydroxylation sites is 1. The number of carbonyl (C=O) groups excluding carboxylic acids is 1. The summed E-state index contributed by atoms with van der Waals surface area (Å²) in [6.07, 6.45) is 6.27. The van der Waals surface area contributed by atoms with E-state index in [2.05, 4.69) is 15.3 Å². The van der Waals surface area contributed by atoms with Crippen LogP contribution in [0, 0.1) is 6.92 Å². The molecular weight excluding hydrogens is 314 g/mol. The Bertz CT molecular complexity index is 875. The highest BCUT2D eigenvalue weighted by atomic mass is 16.5. The van der Waals surface area contributed by atoms with Crippen LogP contribution in [0.2, 0.25) is 0 Å². The number of aryl methyl sites for hydroxylation is 1. The van der Waals surface area contributed by atoms with E-state index in [1.54, 1.807) is 6.08 Å². The van der Waals surface area contributed by atoms with Gasteiger partial charge in [0.05, 0.1) is 18.1 Å². The fraction of sp³-hybridized carbons (Fsp3) is 0.0500. The van der Waals surface area contributed by atoms with Gasteiger partial charge in [-0.2, -0.15) is 0 Å². The standard InChI is InChI=1S/C20H17N3O2/c1-15-7-5-6-8-16(15)11-12-19(24)23-17-13-21-20(22-14-17)25-18-9-3-2-4-10-18/h2-14H,1H3,(H,23,24)/b12-11+. The minimum atomic E-state index is -0.247. The fourth-order valence-electron chi connectivity index (χ4n) is 2.15. The SMILES string of the molecule is Cc1ccccc1/C=C/C(=O)Nc1cnc(Oc2ccccc2)nc1. The summed E-state index contributed by atoms with van der Waals surface area (Å²) in [6, 6.07) is 17.3. The maximum atomic E-state index is 12.0. The molecule has 5 heteroatoms. The summed E-state index contributed by atoms with van der Waals surface area (Å²) in [7, 11) is 0. The van der Waals surface area contributed by atoms with Gasteiger partial charge in [-0.25, -0.2) is 9.97 Å². The lowest BCUT2D eigenvalue weighted by atomic mass is 10.1. The number of nitrogens with zero attached hydrogens (tertiary/aromatic N) is 2. The van der Waals surface area contributed by atoms with E-state index in [9.17, 15) is 4.79 Å². The van der Waals surface area contributed by atoms with Crippen LogP contribution in [0.25, 0.3) is 6.08 Å². The zero-order chi connectivity index (χ0) is 17.5. The summed E-state index contributed by atoms with van der Waals surface area (Å²) in [5, 5.41) is 2.72. The maximum absolute atomic E-state index is 12.0. The highest BCUT2D eigenvalue weighted by Crippen LogP contribution is 2.17. The van der Waals surface area contributed by atoms with Gasteiger partial charge in [-0.05, 0) is 36.3 Å². The van der Waals surface area contributed by atoms with Crippen LogP contribution in [0.4, 0.5) is 5.69 Å². The van der Waals surface area contributed by atoms with Crippen LogP contribution in [0.5, 0.6) is 11.8 Å². The Morgan fingerprint density at radius 3 is 2.40 bits per heavy atom. The number of nitrogens with one attached hydrogen (secondary N) is 1. The van der Waals surface area contributed by atoms with Gasteiger partial charge in [0, 0.05) is 6.08 Å². The summed E-state index contributed by atoms with van der Waals surface area (Å²) >= 11 is 0. The molecule has 3 rings (SSSR count). The minimum absolute atomic E-state index is 0.222. The second-order valence-electron chi connectivity index (χ2n) is 5.35. The molecule has 0 saturated carbocycles. The zero-order valence-corrected chi connectivity index (χ0v) is 13.7. The summed E-state index contributed by atoms with van der Waals surface area (Å²) < 4.78 is 5.51. The van der Waals surface area contributed by atoms with Crippen LogP contribution >= 0.6 is 0 Å². The van der Waals surface area contributed by atoms with Gasteiger partial charge in [0.2, 0.25) is 5.91 Å². The van der Waals surface area contributed by atoms with Crippen molar-refractivity contribution in [3.8, 4) is 11.8 Å². The van der Waals surface area contributed by atoms with E-state index in [0.717, 1.165) is 11.1 Å². The molecule has 0 radical (unpaired) electrons. The van der Waals surface area contributed by atoms with Crippen molar-refractivity contribution in [3.05, 3.63) is 84.2 Å². The molecule has 1 heterocycles. The van der Waals surface area contributed by atoms with Crippen molar-refractivity contribution >= 4 is 17.7 Å². The highest BCUT2D eigenvalue weighted by Gasteiger charge is 2.03. The molecule has 25 heavy (non-hydrogen) atoms. The number of hydrogen-bond acceptors (Lipinski definition) is 4. The Labute approximate surface area is 146 Å². The molecule has 0 atom stereocenters. The number of rotatable bonds is 5. The van der Waals surface area contributed by atoms with Crippen LogP contribution in [0.3, 0.4) is 0 Å². The molecule has 0 aliphatic carbocycles. The second kappa shape index (κ2) is 7.88. The number of anilines is 1. The van der Waals surface area contributed by atoms with Crippen LogP contribution in [0.1, 0.15) is 11.1 Å². The Hall–Kier alpha value is -3.47. The topological polar surface area (TPSA) is 64.1 Å². The lowest BCUT2D eigenvalue weighted by Crippen LogP contribution is -2.08. The van der Waals surface area contributed by atoms with Gasteiger partial charge in [-0.3, -0.25) is 4.79 Å². The first kappa shape index (κ1) is 16.4. The van der Waals surface area contributed by atoms with Crippen molar-refractivity contribution in [1.29, 1.82) is 0 Å². The van der Waals surface area contributed by atoms with Gasteiger partial charge >= 0.3 is 6.01 Å². The molecule has 0 saturated heterocycles. The quantitative estimate of drug-likeness (QED) is 0.711. The van der Waals surface area contributed by atoms with Crippen LogP contribution < -0.4 is 10.1 Å².